The van der Waals surface area contributed by atoms with Gasteiger partial charge in [0.05, 0.1) is 5.69 Å². The third-order valence-electron chi connectivity index (χ3n) is 3.77. The van der Waals surface area contributed by atoms with Gasteiger partial charge in [0.15, 0.2) is 0 Å². The lowest BCUT2D eigenvalue weighted by Crippen LogP contribution is -2.34. The molecule has 2 N–H and O–H groups in total. The Labute approximate surface area is 112 Å². The van der Waals surface area contributed by atoms with Crippen molar-refractivity contribution in [3.05, 3.63) is 53.6 Å². The highest BCUT2D eigenvalue weighted by molar-refractivity contribution is 6.05. The van der Waals surface area contributed by atoms with Crippen molar-refractivity contribution in [1.82, 2.24) is 0 Å². The lowest BCUT2D eigenvalue weighted by atomic mass is 9.93. The normalized spacial score (nSPS) is 17.7. The Kier molecular flexibility index (Phi) is 2.64. The number of fused-ring (bicyclic) bond motifs is 3. The number of nitrogens with zero attached hydrogens (tertiary/aromatic N) is 1. The van der Waals surface area contributed by atoms with Crippen LogP contribution in [-0.4, -0.2) is 13.0 Å². The first-order valence-electron chi connectivity index (χ1n) is 6.33. The fraction of sp³-hybridized carbons (Fsp3) is 0.188. The lowest BCUT2D eigenvalue weighted by Gasteiger charge is -2.20. The van der Waals surface area contributed by atoms with Crippen LogP contribution < -0.4 is 10.6 Å². The first kappa shape index (κ1) is 11.9. The molecule has 2 aromatic rings. The topological polar surface area (TPSA) is 46.3 Å². The second-order valence-electron chi connectivity index (χ2n) is 4.93. The summed E-state index contributed by atoms with van der Waals surface area (Å²) >= 11 is 0. The molecule has 2 aromatic carbocycles. The first-order chi connectivity index (χ1) is 9.11. The number of carbonyl (C=O) groups is 1. The van der Waals surface area contributed by atoms with Crippen molar-refractivity contribution in [1.29, 1.82) is 0 Å². The average molecular weight is 252 g/mol. The Hall–Kier alpha value is -2.13. The molecule has 0 bridgehead atoms. The molecule has 3 heteroatoms. The fourth-order valence-electron chi connectivity index (χ4n) is 2.74. The number of carbonyl (C=O) groups excluding carboxylic acids is 1. The summed E-state index contributed by atoms with van der Waals surface area (Å²) in [6.07, 6.45) is 0. The van der Waals surface area contributed by atoms with Crippen LogP contribution >= 0.6 is 0 Å². The van der Waals surface area contributed by atoms with Crippen molar-refractivity contribution in [2.45, 2.75) is 13.0 Å². The molecular formula is C16H16N2O. The van der Waals surface area contributed by atoms with E-state index in [9.17, 15) is 4.79 Å². The fourth-order valence-corrected chi connectivity index (χ4v) is 2.74. The summed E-state index contributed by atoms with van der Waals surface area (Å²) in [6.45, 7) is 2.06. The summed E-state index contributed by atoms with van der Waals surface area (Å²) in [4.78, 5) is 14.0. The van der Waals surface area contributed by atoms with Gasteiger partial charge >= 0.3 is 0 Å². The van der Waals surface area contributed by atoms with Gasteiger partial charge in [0.25, 0.3) is 0 Å². The van der Waals surface area contributed by atoms with E-state index in [0.29, 0.717) is 0 Å². The standard InChI is InChI=1S/C16H16N2O/c1-10-6-5-9-13-14(10)11-7-3-4-8-12(11)15(17)16(19)18(13)2/h3-9,15H,17H2,1-2H3/t15-/m1/s1. The number of benzene rings is 2. The van der Waals surface area contributed by atoms with Crippen LogP contribution in [0.3, 0.4) is 0 Å². The molecule has 19 heavy (non-hydrogen) atoms. The van der Waals surface area contributed by atoms with E-state index in [1.165, 1.54) is 0 Å². The summed E-state index contributed by atoms with van der Waals surface area (Å²) in [6, 6.07) is 13.3. The number of hydrogen-bond donors (Lipinski definition) is 1. The first-order valence-corrected chi connectivity index (χ1v) is 6.33. The van der Waals surface area contributed by atoms with Crippen LogP contribution in [0.4, 0.5) is 5.69 Å². The molecule has 3 rings (SSSR count). The van der Waals surface area contributed by atoms with Gasteiger partial charge in [-0.1, -0.05) is 36.4 Å². The van der Waals surface area contributed by atoms with Crippen LogP contribution in [0.25, 0.3) is 11.1 Å². The van der Waals surface area contributed by atoms with Crippen LogP contribution in [0, 0.1) is 6.92 Å². The minimum Gasteiger partial charge on any atom is -0.316 e. The average Bonchev–Trinajstić information content (AvgIpc) is 2.51. The zero-order chi connectivity index (χ0) is 13.6. The van der Waals surface area contributed by atoms with Crippen molar-refractivity contribution < 1.29 is 4.79 Å². The summed E-state index contributed by atoms with van der Waals surface area (Å²) in [5.41, 5.74) is 11.2. The van der Waals surface area contributed by atoms with E-state index in [-0.39, 0.29) is 5.91 Å². The smallest absolute Gasteiger partial charge is 0.248 e. The third kappa shape index (κ3) is 1.66. The molecule has 1 aliphatic rings. The molecule has 0 spiro atoms. The Morgan fingerprint density at radius 3 is 2.63 bits per heavy atom. The number of hydrogen-bond acceptors (Lipinski definition) is 2. The molecule has 96 valence electrons. The van der Waals surface area contributed by atoms with E-state index in [2.05, 4.69) is 13.0 Å². The maximum atomic E-state index is 12.4. The number of aryl methyl sites for hydroxylation is 1. The quantitative estimate of drug-likeness (QED) is 0.783. The van der Waals surface area contributed by atoms with Gasteiger partial charge in [0.1, 0.15) is 6.04 Å². The number of rotatable bonds is 0. The van der Waals surface area contributed by atoms with E-state index in [0.717, 1.165) is 27.9 Å². The molecule has 0 unspecified atom stereocenters. The molecule has 1 heterocycles. The monoisotopic (exact) mass is 252 g/mol. The van der Waals surface area contributed by atoms with Gasteiger partial charge in [-0.3, -0.25) is 4.79 Å². The zero-order valence-electron chi connectivity index (χ0n) is 11.1. The largest absolute Gasteiger partial charge is 0.316 e. The summed E-state index contributed by atoms with van der Waals surface area (Å²) < 4.78 is 0. The Morgan fingerprint density at radius 2 is 1.84 bits per heavy atom. The third-order valence-corrected chi connectivity index (χ3v) is 3.77. The number of anilines is 1. The van der Waals surface area contributed by atoms with E-state index in [1.807, 2.05) is 36.4 Å². The van der Waals surface area contributed by atoms with Gasteiger partial charge < -0.3 is 10.6 Å². The van der Waals surface area contributed by atoms with Crippen LogP contribution in [0.2, 0.25) is 0 Å². The highest BCUT2D eigenvalue weighted by Gasteiger charge is 2.29. The van der Waals surface area contributed by atoms with E-state index in [4.69, 9.17) is 5.73 Å². The molecule has 0 radical (unpaired) electrons. The highest BCUT2D eigenvalue weighted by atomic mass is 16.2. The van der Waals surface area contributed by atoms with Crippen LogP contribution in [-0.2, 0) is 4.79 Å². The van der Waals surface area contributed by atoms with Crippen molar-refractivity contribution >= 4 is 11.6 Å². The molecule has 1 atom stereocenters. The molecule has 1 amide bonds. The van der Waals surface area contributed by atoms with Crippen LogP contribution in [0.5, 0.6) is 0 Å². The van der Waals surface area contributed by atoms with Gasteiger partial charge in [0.2, 0.25) is 5.91 Å². The minimum absolute atomic E-state index is 0.0724. The van der Waals surface area contributed by atoms with Crippen molar-refractivity contribution in [2.24, 2.45) is 5.73 Å². The molecule has 0 aromatic heterocycles. The molecule has 0 fully saturated rings. The van der Waals surface area contributed by atoms with Gasteiger partial charge in [-0.2, -0.15) is 0 Å². The highest BCUT2D eigenvalue weighted by Crippen LogP contribution is 2.40. The molecule has 3 nitrogen and oxygen atoms in total. The van der Waals surface area contributed by atoms with Crippen LogP contribution in [0.1, 0.15) is 17.2 Å². The molecule has 0 aliphatic carbocycles. The maximum absolute atomic E-state index is 12.4. The second kappa shape index (κ2) is 4.21. The Balaban J connectivity index is 2.41. The van der Waals surface area contributed by atoms with Gasteiger partial charge in [0, 0.05) is 12.6 Å². The molecule has 1 aliphatic heterocycles. The number of nitrogens with two attached hydrogens (primary N) is 1. The zero-order valence-corrected chi connectivity index (χ0v) is 11.1. The predicted molar refractivity (Wildman–Crippen MR) is 77.0 cm³/mol. The summed E-state index contributed by atoms with van der Waals surface area (Å²) in [5.74, 6) is -0.0724. The van der Waals surface area contributed by atoms with Gasteiger partial charge in [-0.15, -0.1) is 0 Å². The van der Waals surface area contributed by atoms with Crippen LogP contribution in [0.15, 0.2) is 42.5 Å². The number of amides is 1. The predicted octanol–water partition coefficient (Wildman–Crippen LogP) is 2.64. The van der Waals surface area contributed by atoms with E-state index in [1.54, 1.807) is 11.9 Å². The summed E-state index contributed by atoms with van der Waals surface area (Å²) in [7, 11) is 1.78. The summed E-state index contributed by atoms with van der Waals surface area (Å²) in [5, 5.41) is 0. The molecular weight excluding hydrogens is 236 g/mol. The maximum Gasteiger partial charge on any atom is 0.248 e. The van der Waals surface area contributed by atoms with E-state index >= 15 is 0 Å². The Bertz CT molecular complexity index is 664. The van der Waals surface area contributed by atoms with E-state index < -0.39 is 6.04 Å². The van der Waals surface area contributed by atoms with Crippen molar-refractivity contribution in [3.63, 3.8) is 0 Å². The minimum atomic E-state index is -0.604. The van der Waals surface area contributed by atoms with Gasteiger partial charge in [-0.05, 0) is 29.7 Å². The number of likely N-dealkylation sites (N-methyl/N-ethyl adjacent to an activating group) is 1. The lowest BCUT2D eigenvalue weighted by molar-refractivity contribution is -0.119. The van der Waals surface area contributed by atoms with Crippen molar-refractivity contribution in [2.75, 3.05) is 11.9 Å². The molecule has 0 saturated heterocycles. The molecule has 0 saturated carbocycles. The van der Waals surface area contributed by atoms with Crippen molar-refractivity contribution in [3.8, 4) is 11.1 Å². The second-order valence-corrected chi connectivity index (χ2v) is 4.93. The Morgan fingerprint density at radius 1 is 1.11 bits per heavy atom. The van der Waals surface area contributed by atoms with Gasteiger partial charge in [-0.25, -0.2) is 0 Å². The SMILES string of the molecule is Cc1cccc2c1-c1ccccc1[C@@H](N)C(=O)N2C.